The maximum Gasteiger partial charge on any atom is 0.100 e. The van der Waals surface area contributed by atoms with Crippen LogP contribution in [0.3, 0.4) is 0 Å². The number of nitrogens with zero attached hydrogens (tertiary/aromatic N) is 3. The molecule has 0 saturated heterocycles. The highest BCUT2D eigenvalue weighted by molar-refractivity contribution is 5.80. The van der Waals surface area contributed by atoms with Crippen LogP contribution >= 0.6 is 0 Å². The predicted molar refractivity (Wildman–Crippen MR) is 63.6 cm³/mol. The van der Waals surface area contributed by atoms with E-state index in [0.29, 0.717) is 0 Å². The van der Waals surface area contributed by atoms with Crippen molar-refractivity contribution in [2.24, 2.45) is 0 Å². The van der Waals surface area contributed by atoms with Crippen LogP contribution in [-0.2, 0) is 0 Å². The van der Waals surface area contributed by atoms with E-state index in [4.69, 9.17) is 0 Å². The average molecular weight is 209 g/mol. The fourth-order valence-corrected chi connectivity index (χ4v) is 1.89. The summed E-state index contributed by atoms with van der Waals surface area (Å²) in [5.41, 5.74) is 4.47. The molecule has 78 valence electrons. The molecule has 3 aromatic rings. The van der Waals surface area contributed by atoms with Gasteiger partial charge in [-0.2, -0.15) is 0 Å². The van der Waals surface area contributed by atoms with Crippen molar-refractivity contribution in [1.29, 1.82) is 0 Å². The van der Waals surface area contributed by atoms with E-state index in [1.807, 2.05) is 18.5 Å². The Morgan fingerprint density at radius 1 is 1.06 bits per heavy atom. The topological polar surface area (TPSA) is 30.7 Å². The van der Waals surface area contributed by atoms with Gasteiger partial charge < -0.3 is 0 Å². The molecule has 0 fully saturated rings. The first-order valence-corrected chi connectivity index (χ1v) is 5.19. The Kier molecular flexibility index (Phi) is 1.96. The molecule has 0 N–H and O–H groups in total. The molecule has 0 radical (unpaired) electrons. The molecule has 0 saturated carbocycles. The van der Waals surface area contributed by atoms with Crippen molar-refractivity contribution in [3.05, 3.63) is 54.6 Å². The summed E-state index contributed by atoms with van der Waals surface area (Å²) in [6, 6.07) is 10.2. The third-order valence-corrected chi connectivity index (χ3v) is 2.72. The summed E-state index contributed by atoms with van der Waals surface area (Å²) in [6.07, 6.45) is 5.43. The van der Waals surface area contributed by atoms with Crippen LogP contribution in [0.25, 0.3) is 16.7 Å². The molecule has 3 nitrogen and oxygen atoms in total. The van der Waals surface area contributed by atoms with E-state index in [9.17, 15) is 0 Å². The van der Waals surface area contributed by atoms with Crippen molar-refractivity contribution < 1.29 is 0 Å². The second-order valence-corrected chi connectivity index (χ2v) is 3.76. The third-order valence-electron chi connectivity index (χ3n) is 2.72. The summed E-state index contributed by atoms with van der Waals surface area (Å²) in [6.45, 7) is 2.08. The van der Waals surface area contributed by atoms with Crippen molar-refractivity contribution in [1.82, 2.24) is 14.5 Å². The lowest BCUT2D eigenvalue weighted by molar-refractivity contribution is 1.08. The second kappa shape index (κ2) is 3.45. The lowest BCUT2D eigenvalue weighted by Gasteiger charge is -2.03. The summed E-state index contributed by atoms with van der Waals surface area (Å²) in [5.74, 6) is 0. The van der Waals surface area contributed by atoms with Gasteiger partial charge in [-0.05, 0) is 30.7 Å². The van der Waals surface area contributed by atoms with E-state index in [-0.39, 0.29) is 0 Å². The van der Waals surface area contributed by atoms with E-state index in [1.54, 1.807) is 12.4 Å². The number of aromatic nitrogens is 3. The Morgan fingerprint density at radius 2 is 1.88 bits per heavy atom. The summed E-state index contributed by atoms with van der Waals surface area (Å²) >= 11 is 0. The Balaban J connectivity index is 2.30. The minimum atomic E-state index is 1.05. The SMILES string of the molecule is Cc1cccc2c1ncn2-c1ccncc1. The van der Waals surface area contributed by atoms with Crippen LogP contribution in [0.4, 0.5) is 0 Å². The molecule has 0 atom stereocenters. The van der Waals surface area contributed by atoms with Crippen LogP contribution < -0.4 is 0 Å². The number of hydrogen-bond acceptors (Lipinski definition) is 2. The summed E-state index contributed by atoms with van der Waals surface area (Å²) in [5, 5.41) is 0. The first-order chi connectivity index (χ1) is 7.86. The van der Waals surface area contributed by atoms with Gasteiger partial charge in [0.25, 0.3) is 0 Å². The number of hydrogen-bond donors (Lipinski definition) is 0. The molecule has 0 amide bonds. The molecular formula is C13H11N3. The fourth-order valence-electron chi connectivity index (χ4n) is 1.89. The molecule has 2 aromatic heterocycles. The van der Waals surface area contributed by atoms with Gasteiger partial charge in [-0.25, -0.2) is 4.98 Å². The van der Waals surface area contributed by atoms with Gasteiger partial charge in [-0.1, -0.05) is 12.1 Å². The first kappa shape index (κ1) is 9.09. The quantitative estimate of drug-likeness (QED) is 0.617. The maximum absolute atomic E-state index is 4.44. The first-order valence-electron chi connectivity index (χ1n) is 5.19. The molecule has 0 aliphatic heterocycles. The van der Waals surface area contributed by atoms with E-state index < -0.39 is 0 Å². The van der Waals surface area contributed by atoms with Crippen molar-refractivity contribution in [2.45, 2.75) is 6.92 Å². The molecule has 0 aliphatic rings. The smallest absolute Gasteiger partial charge is 0.100 e. The van der Waals surface area contributed by atoms with Gasteiger partial charge in [-0.3, -0.25) is 9.55 Å². The Morgan fingerprint density at radius 3 is 2.69 bits per heavy atom. The third kappa shape index (κ3) is 1.29. The van der Waals surface area contributed by atoms with Crippen LogP contribution in [0.2, 0.25) is 0 Å². The van der Waals surface area contributed by atoms with Gasteiger partial charge in [0, 0.05) is 12.4 Å². The van der Waals surface area contributed by atoms with Crippen molar-refractivity contribution in [2.75, 3.05) is 0 Å². The largest absolute Gasteiger partial charge is 0.299 e. The molecule has 3 rings (SSSR count). The minimum Gasteiger partial charge on any atom is -0.299 e. The van der Waals surface area contributed by atoms with Crippen LogP contribution in [0.15, 0.2) is 49.1 Å². The van der Waals surface area contributed by atoms with Crippen LogP contribution in [0.5, 0.6) is 0 Å². The van der Waals surface area contributed by atoms with Crippen LogP contribution in [0, 0.1) is 6.92 Å². The number of benzene rings is 1. The van der Waals surface area contributed by atoms with Crippen molar-refractivity contribution in [3.63, 3.8) is 0 Å². The zero-order chi connectivity index (χ0) is 11.0. The normalized spacial score (nSPS) is 10.8. The van der Waals surface area contributed by atoms with Crippen molar-refractivity contribution >= 4 is 11.0 Å². The standard InChI is InChI=1S/C13H11N3/c1-10-3-2-4-12-13(10)15-9-16(12)11-5-7-14-8-6-11/h2-9H,1H3. The molecule has 1 aromatic carbocycles. The fraction of sp³-hybridized carbons (Fsp3) is 0.0769. The van der Waals surface area contributed by atoms with Gasteiger partial charge in [0.05, 0.1) is 16.7 Å². The second-order valence-electron chi connectivity index (χ2n) is 3.76. The predicted octanol–water partition coefficient (Wildman–Crippen LogP) is 2.73. The monoisotopic (exact) mass is 209 g/mol. The highest BCUT2D eigenvalue weighted by atomic mass is 15.0. The summed E-state index contributed by atoms with van der Waals surface area (Å²) in [7, 11) is 0. The molecule has 0 spiro atoms. The molecule has 16 heavy (non-hydrogen) atoms. The van der Waals surface area contributed by atoms with Gasteiger partial charge in [0.1, 0.15) is 6.33 Å². The molecule has 0 bridgehead atoms. The number of fused-ring (bicyclic) bond motifs is 1. The zero-order valence-corrected chi connectivity index (χ0v) is 8.96. The number of aryl methyl sites for hydroxylation is 1. The lowest BCUT2D eigenvalue weighted by Crippen LogP contribution is -1.91. The van der Waals surface area contributed by atoms with Gasteiger partial charge in [0.2, 0.25) is 0 Å². The van der Waals surface area contributed by atoms with Gasteiger partial charge in [-0.15, -0.1) is 0 Å². The Hall–Kier alpha value is -2.16. The summed E-state index contributed by atoms with van der Waals surface area (Å²) < 4.78 is 2.07. The van der Waals surface area contributed by atoms with E-state index >= 15 is 0 Å². The summed E-state index contributed by atoms with van der Waals surface area (Å²) in [4.78, 5) is 8.46. The number of rotatable bonds is 1. The minimum absolute atomic E-state index is 1.05. The highest BCUT2D eigenvalue weighted by Crippen LogP contribution is 2.19. The highest BCUT2D eigenvalue weighted by Gasteiger charge is 2.05. The van der Waals surface area contributed by atoms with Gasteiger partial charge >= 0.3 is 0 Å². The van der Waals surface area contributed by atoms with Gasteiger partial charge in [0.15, 0.2) is 0 Å². The maximum atomic E-state index is 4.44. The molecule has 0 aliphatic carbocycles. The Labute approximate surface area is 93.4 Å². The lowest BCUT2D eigenvalue weighted by atomic mass is 10.2. The Bertz CT molecular complexity index is 626. The van der Waals surface area contributed by atoms with E-state index in [1.165, 1.54) is 5.56 Å². The van der Waals surface area contributed by atoms with Crippen LogP contribution in [0.1, 0.15) is 5.56 Å². The molecule has 0 unspecified atom stereocenters. The van der Waals surface area contributed by atoms with Crippen molar-refractivity contribution in [3.8, 4) is 5.69 Å². The average Bonchev–Trinajstić information content (AvgIpc) is 2.75. The van der Waals surface area contributed by atoms with E-state index in [0.717, 1.165) is 16.7 Å². The van der Waals surface area contributed by atoms with E-state index in [2.05, 4.69) is 39.7 Å². The molecule has 2 heterocycles. The molecule has 3 heteroatoms. The molecular weight excluding hydrogens is 198 g/mol. The number of pyridine rings is 1. The number of para-hydroxylation sites is 1. The number of imidazole rings is 1. The van der Waals surface area contributed by atoms with Crippen LogP contribution in [-0.4, -0.2) is 14.5 Å². The zero-order valence-electron chi connectivity index (χ0n) is 8.96.